The van der Waals surface area contributed by atoms with E-state index in [0.717, 1.165) is 41.7 Å². The quantitative estimate of drug-likeness (QED) is 0.178. The number of benzene rings is 2. The van der Waals surface area contributed by atoms with E-state index in [9.17, 15) is 9.90 Å². The number of methoxy groups -OCH3 is 2. The molecule has 0 amide bonds. The standard InChI is InChI=1S/C28H35ClO5/c1-32-23-15-11-21(12-16-23)19-34-18-20-9-13-22(14-10-20)28-24(25(29)17-26(28)30)7-5-3-4-6-8-27(31)33-2/h3,5,9-16,24-26,28,30H,4,6-8,17-19H2,1-2H3/b5-3-/t24-,25+,26+,28+/m0/s1. The molecule has 1 aliphatic carbocycles. The van der Waals surface area contributed by atoms with Crippen molar-refractivity contribution in [3.63, 3.8) is 0 Å². The van der Waals surface area contributed by atoms with Crippen LogP contribution in [0.5, 0.6) is 5.75 Å². The van der Waals surface area contributed by atoms with E-state index in [0.29, 0.717) is 26.1 Å². The molecule has 1 saturated carbocycles. The maximum atomic E-state index is 11.2. The molecule has 0 spiro atoms. The Kier molecular flexibility index (Phi) is 10.4. The van der Waals surface area contributed by atoms with Crippen LogP contribution in [0.25, 0.3) is 0 Å². The second-order valence-electron chi connectivity index (χ2n) is 8.77. The van der Waals surface area contributed by atoms with Gasteiger partial charge in [0, 0.05) is 17.7 Å². The Labute approximate surface area is 207 Å². The van der Waals surface area contributed by atoms with Crippen LogP contribution < -0.4 is 4.74 Å². The third kappa shape index (κ3) is 7.59. The van der Waals surface area contributed by atoms with Crippen molar-refractivity contribution < 1.29 is 24.1 Å². The summed E-state index contributed by atoms with van der Waals surface area (Å²) < 4.78 is 15.7. The van der Waals surface area contributed by atoms with Crippen LogP contribution in [0, 0.1) is 5.92 Å². The molecule has 6 heteroatoms. The number of carbonyl (C=O) groups is 1. The Hall–Kier alpha value is -2.34. The van der Waals surface area contributed by atoms with Gasteiger partial charge in [0.15, 0.2) is 0 Å². The molecule has 184 valence electrons. The molecule has 1 aliphatic rings. The molecule has 0 saturated heterocycles. The SMILES string of the molecule is COC(=O)CCC/C=C\C[C@@H]1[C@@H](c2ccc(COCc3ccc(OC)cc3)cc2)[C@H](O)C[C@H]1Cl. The lowest BCUT2D eigenvalue weighted by Gasteiger charge is -2.23. The van der Waals surface area contributed by atoms with Crippen LogP contribution in [0.3, 0.4) is 0 Å². The number of unbranched alkanes of at least 4 members (excludes halogenated alkanes) is 1. The number of hydrogen-bond acceptors (Lipinski definition) is 5. The van der Waals surface area contributed by atoms with Crippen molar-refractivity contribution in [3.05, 3.63) is 77.4 Å². The van der Waals surface area contributed by atoms with Crippen LogP contribution in [0.1, 0.15) is 54.7 Å². The molecule has 0 aliphatic heterocycles. The first-order valence-corrected chi connectivity index (χ1v) is 12.3. The van der Waals surface area contributed by atoms with Gasteiger partial charge in [-0.3, -0.25) is 4.79 Å². The largest absolute Gasteiger partial charge is 0.497 e. The van der Waals surface area contributed by atoms with Crippen LogP contribution in [0.15, 0.2) is 60.7 Å². The summed E-state index contributed by atoms with van der Waals surface area (Å²) in [6.45, 7) is 1.06. The highest BCUT2D eigenvalue weighted by molar-refractivity contribution is 6.21. The van der Waals surface area contributed by atoms with Gasteiger partial charge < -0.3 is 19.3 Å². The summed E-state index contributed by atoms with van der Waals surface area (Å²) in [7, 11) is 3.06. The van der Waals surface area contributed by atoms with Gasteiger partial charge in [-0.05, 0) is 60.4 Å². The Morgan fingerprint density at radius 2 is 1.68 bits per heavy atom. The van der Waals surface area contributed by atoms with Crippen molar-refractivity contribution in [2.75, 3.05) is 14.2 Å². The highest BCUT2D eigenvalue weighted by Gasteiger charge is 2.41. The Morgan fingerprint density at radius 1 is 1.03 bits per heavy atom. The minimum atomic E-state index is -0.447. The van der Waals surface area contributed by atoms with Gasteiger partial charge in [0.05, 0.1) is 33.5 Å². The highest BCUT2D eigenvalue weighted by Crippen LogP contribution is 2.44. The number of ether oxygens (including phenoxy) is 3. The number of hydrogen-bond donors (Lipinski definition) is 1. The minimum absolute atomic E-state index is 0.0106. The molecule has 0 heterocycles. The molecule has 0 aromatic heterocycles. The molecule has 1 fully saturated rings. The first kappa shape index (κ1) is 26.3. The van der Waals surface area contributed by atoms with Crippen LogP contribution >= 0.6 is 11.6 Å². The second-order valence-corrected chi connectivity index (χ2v) is 9.33. The molecule has 4 atom stereocenters. The number of aliphatic hydroxyl groups is 1. The first-order chi connectivity index (χ1) is 16.5. The Balaban J connectivity index is 1.50. The fourth-order valence-corrected chi connectivity index (χ4v) is 4.95. The van der Waals surface area contributed by atoms with Crippen LogP contribution in [-0.4, -0.2) is 36.8 Å². The predicted molar refractivity (Wildman–Crippen MR) is 134 cm³/mol. The topological polar surface area (TPSA) is 65.0 Å². The van der Waals surface area contributed by atoms with Gasteiger partial charge in [-0.1, -0.05) is 48.6 Å². The molecular formula is C28H35ClO5. The third-order valence-corrected chi connectivity index (χ3v) is 6.92. The average Bonchev–Trinajstić information content (AvgIpc) is 3.14. The van der Waals surface area contributed by atoms with E-state index in [-0.39, 0.29) is 23.2 Å². The summed E-state index contributed by atoms with van der Waals surface area (Å²) in [6.07, 6.45) is 7.21. The first-order valence-electron chi connectivity index (χ1n) is 11.8. The molecule has 34 heavy (non-hydrogen) atoms. The number of halogens is 1. The molecule has 3 rings (SSSR count). The van der Waals surface area contributed by atoms with E-state index in [4.69, 9.17) is 21.1 Å². The maximum absolute atomic E-state index is 11.2. The number of carbonyl (C=O) groups excluding carboxylic acids is 1. The summed E-state index contributed by atoms with van der Waals surface area (Å²) >= 11 is 6.61. The summed E-state index contributed by atoms with van der Waals surface area (Å²) in [5.41, 5.74) is 3.30. The summed E-state index contributed by atoms with van der Waals surface area (Å²) in [4.78, 5) is 11.2. The minimum Gasteiger partial charge on any atom is -0.497 e. The zero-order valence-electron chi connectivity index (χ0n) is 20.0. The van der Waals surface area contributed by atoms with E-state index >= 15 is 0 Å². The van der Waals surface area contributed by atoms with Gasteiger partial charge in [0.1, 0.15) is 5.75 Å². The predicted octanol–water partition coefficient (Wildman–Crippen LogP) is 5.77. The van der Waals surface area contributed by atoms with Crippen LogP contribution in [0.4, 0.5) is 0 Å². The lowest BCUT2D eigenvalue weighted by Crippen LogP contribution is -2.18. The van der Waals surface area contributed by atoms with E-state index in [2.05, 4.69) is 41.2 Å². The molecule has 0 radical (unpaired) electrons. The number of allylic oxidation sites excluding steroid dienone is 2. The van der Waals surface area contributed by atoms with Gasteiger partial charge in [0.2, 0.25) is 0 Å². The summed E-state index contributed by atoms with van der Waals surface area (Å²) in [5, 5.41) is 10.6. The molecule has 5 nitrogen and oxygen atoms in total. The fourth-order valence-electron chi connectivity index (χ4n) is 4.51. The van der Waals surface area contributed by atoms with Gasteiger partial charge in [0.25, 0.3) is 0 Å². The summed E-state index contributed by atoms with van der Waals surface area (Å²) in [5.74, 6) is 0.838. The van der Waals surface area contributed by atoms with Crippen molar-refractivity contribution >= 4 is 17.6 Å². The molecular weight excluding hydrogens is 452 g/mol. The van der Waals surface area contributed by atoms with Crippen molar-refractivity contribution in [2.24, 2.45) is 5.92 Å². The van der Waals surface area contributed by atoms with E-state index < -0.39 is 6.10 Å². The van der Waals surface area contributed by atoms with Crippen molar-refractivity contribution in [3.8, 4) is 5.75 Å². The smallest absolute Gasteiger partial charge is 0.305 e. The van der Waals surface area contributed by atoms with Crippen LogP contribution in [0.2, 0.25) is 0 Å². The Morgan fingerprint density at radius 3 is 2.29 bits per heavy atom. The van der Waals surface area contributed by atoms with Crippen molar-refractivity contribution in [1.29, 1.82) is 0 Å². The highest BCUT2D eigenvalue weighted by atomic mass is 35.5. The number of alkyl halides is 1. The van der Waals surface area contributed by atoms with E-state index in [1.165, 1.54) is 7.11 Å². The fraction of sp³-hybridized carbons (Fsp3) is 0.464. The van der Waals surface area contributed by atoms with Crippen molar-refractivity contribution in [1.82, 2.24) is 0 Å². The van der Waals surface area contributed by atoms with E-state index in [1.54, 1.807) is 7.11 Å². The number of esters is 1. The number of rotatable bonds is 12. The third-order valence-electron chi connectivity index (χ3n) is 6.42. The molecule has 1 N–H and O–H groups in total. The molecule has 2 aromatic rings. The summed E-state index contributed by atoms with van der Waals surface area (Å²) in [6, 6.07) is 16.2. The Bertz CT molecular complexity index is 909. The molecule has 2 aromatic carbocycles. The van der Waals surface area contributed by atoms with Gasteiger partial charge >= 0.3 is 5.97 Å². The van der Waals surface area contributed by atoms with Gasteiger partial charge in [-0.2, -0.15) is 0 Å². The zero-order valence-corrected chi connectivity index (χ0v) is 20.7. The van der Waals surface area contributed by atoms with Crippen LogP contribution in [-0.2, 0) is 27.5 Å². The lowest BCUT2D eigenvalue weighted by atomic mass is 9.85. The number of aliphatic hydroxyl groups excluding tert-OH is 1. The zero-order chi connectivity index (χ0) is 24.3. The van der Waals surface area contributed by atoms with E-state index in [1.807, 2.05) is 24.3 Å². The normalized spacial score (nSPS) is 22.2. The van der Waals surface area contributed by atoms with Crippen molar-refractivity contribution in [2.45, 2.75) is 62.7 Å². The second kappa shape index (κ2) is 13.5. The lowest BCUT2D eigenvalue weighted by molar-refractivity contribution is -0.140. The van der Waals surface area contributed by atoms with Gasteiger partial charge in [-0.25, -0.2) is 0 Å². The maximum Gasteiger partial charge on any atom is 0.305 e. The molecule has 0 bridgehead atoms. The monoisotopic (exact) mass is 486 g/mol. The molecule has 0 unspecified atom stereocenters. The van der Waals surface area contributed by atoms with Gasteiger partial charge in [-0.15, -0.1) is 11.6 Å². The average molecular weight is 487 g/mol.